The Labute approximate surface area is 189 Å². The van der Waals surface area contributed by atoms with Crippen molar-refractivity contribution in [1.29, 1.82) is 0 Å². The van der Waals surface area contributed by atoms with Crippen LogP contribution >= 0.6 is 11.6 Å². The Balaban J connectivity index is 3.53. The smallest absolute Gasteiger partial charge is 0.418 e. The molecular weight excluding hydrogens is 455 g/mol. The molecule has 0 saturated carbocycles. The number of nitrogen functional groups attached to an aromatic ring is 1. The van der Waals surface area contributed by atoms with E-state index >= 15 is 0 Å². The van der Waals surface area contributed by atoms with Crippen LogP contribution in [0.3, 0.4) is 0 Å². The Morgan fingerprint density at radius 1 is 1.00 bits per heavy atom. The lowest BCUT2D eigenvalue weighted by Crippen LogP contribution is -2.46. The molecule has 0 heterocycles. The number of esters is 3. The zero-order chi connectivity index (χ0) is 24.5. The van der Waals surface area contributed by atoms with E-state index in [9.17, 15) is 27.6 Å². The van der Waals surface area contributed by atoms with E-state index in [1.54, 1.807) is 0 Å². The molecule has 0 aliphatic carbocycles. The predicted molar refractivity (Wildman–Crippen MR) is 111 cm³/mol. The van der Waals surface area contributed by atoms with E-state index in [0.29, 0.717) is 12.5 Å². The van der Waals surface area contributed by atoms with Crippen LogP contribution in [0.2, 0.25) is 5.02 Å². The highest BCUT2D eigenvalue weighted by atomic mass is 35.5. The van der Waals surface area contributed by atoms with Crippen LogP contribution in [0.25, 0.3) is 0 Å². The number of unbranched alkanes of at least 4 members (excludes halogenated alkanes) is 1. The topological polar surface area (TPSA) is 105 Å². The van der Waals surface area contributed by atoms with Crippen molar-refractivity contribution in [2.75, 3.05) is 25.6 Å². The Hall–Kier alpha value is -2.49. The van der Waals surface area contributed by atoms with Crippen LogP contribution in [-0.2, 0) is 41.2 Å². The van der Waals surface area contributed by atoms with Crippen molar-refractivity contribution in [2.45, 2.75) is 52.6 Å². The third-order valence-corrected chi connectivity index (χ3v) is 4.85. The number of halogens is 4. The van der Waals surface area contributed by atoms with E-state index in [2.05, 4.69) is 0 Å². The number of hydrogen-bond donors (Lipinski definition) is 1. The van der Waals surface area contributed by atoms with Crippen molar-refractivity contribution in [1.82, 2.24) is 0 Å². The summed E-state index contributed by atoms with van der Waals surface area (Å²) in [5.41, 5.74) is 1.11. The first kappa shape index (κ1) is 27.5. The van der Waals surface area contributed by atoms with Gasteiger partial charge in [0.15, 0.2) is 5.41 Å². The van der Waals surface area contributed by atoms with Crippen LogP contribution < -0.4 is 5.73 Å². The molecule has 0 aliphatic rings. The average molecular weight is 482 g/mol. The van der Waals surface area contributed by atoms with Gasteiger partial charge in [0.05, 0.1) is 42.5 Å². The largest absolute Gasteiger partial charge is 0.466 e. The van der Waals surface area contributed by atoms with Crippen molar-refractivity contribution in [3.8, 4) is 0 Å². The number of carbonyl (C=O) groups is 3. The molecule has 0 unspecified atom stereocenters. The van der Waals surface area contributed by atoms with Gasteiger partial charge in [0.2, 0.25) is 0 Å². The van der Waals surface area contributed by atoms with Crippen LogP contribution in [0.5, 0.6) is 0 Å². The normalized spacial score (nSPS) is 11.7. The summed E-state index contributed by atoms with van der Waals surface area (Å²) in [5, 5.41) is -0.415. The van der Waals surface area contributed by atoms with Gasteiger partial charge < -0.3 is 19.9 Å². The molecule has 0 bridgehead atoms. The third-order valence-electron chi connectivity index (χ3n) is 4.54. The van der Waals surface area contributed by atoms with E-state index in [-0.39, 0.29) is 25.4 Å². The summed E-state index contributed by atoms with van der Waals surface area (Å²) in [6.07, 6.45) is -4.97. The lowest BCUT2D eigenvalue weighted by molar-refractivity contribution is -0.177. The zero-order valence-electron chi connectivity index (χ0n) is 18.1. The lowest BCUT2D eigenvalue weighted by atomic mass is 9.78. The predicted octanol–water partition coefficient (Wildman–Crippen LogP) is 4.33. The Morgan fingerprint density at radius 3 is 2.03 bits per heavy atom. The van der Waals surface area contributed by atoms with Gasteiger partial charge in [-0.25, -0.2) is 0 Å². The number of ether oxygens (including phenoxy) is 3. The molecule has 32 heavy (non-hydrogen) atoms. The monoisotopic (exact) mass is 481 g/mol. The lowest BCUT2D eigenvalue weighted by Gasteiger charge is -2.29. The van der Waals surface area contributed by atoms with E-state index < -0.39 is 58.6 Å². The molecule has 0 spiro atoms. The molecule has 0 amide bonds. The molecule has 7 nitrogen and oxygen atoms in total. The van der Waals surface area contributed by atoms with Gasteiger partial charge in [0.25, 0.3) is 0 Å². The van der Waals surface area contributed by atoms with Gasteiger partial charge in [0, 0.05) is 0 Å². The van der Waals surface area contributed by atoms with Gasteiger partial charge in [-0.2, -0.15) is 13.2 Å². The molecule has 1 rings (SSSR count). The van der Waals surface area contributed by atoms with Crippen molar-refractivity contribution in [3.05, 3.63) is 28.3 Å². The minimum absolute atomic E-state index is 0.0585. The molecule has 0 atom stereocenters. The Kier molecular flexibility index (Phi) is 10.3. The van der Waals surface area contributed by atoms with E-state index in [1.165, 1.54) is 13.8 Å². The molecule has 180 valence electrons. The first-order valence-corrected chi connectivity index (χ1v) is 10.5. The molecule has 0 fully saturated rings. The Morgan fingerprint density at radius 2 is 1.56 bits per heavy atom. The van der Waals surface area contributed by atoms with Crippen LogP contribution in [0, 0.1) is 5.41 Å². The minimum Gasteiger partial charge on any atom is -0.466 e. The molecule has 0 aromatic heterocycles. The first-order valence-electron chi connectivity index (χ1n) is 10.1. The maximum atomic E-state index is 13.4. The fourth-order valence-electron chi connectivity index (χ4n) is 2.96. The van der Waals surface area contributed by atoms with Gasteiger partial charge in [-0.3, -0.25) is 14.4 Å². The van der Waals surface area contributed by atoms with Crippen LogP contribution in [0.15, 0.2) is 12.1 Å². The van der Waals surface area contributed by atoms with Crippen molar-refractivity contribution in [2.24, 2.45) is 5.41 Å². The second-order valence-electron chi connectivity index (χ2n) is 6.99. The molecule has 2 N–H and O–H groups in total. The van der Waals surface area contributed by atoms with Crippen LogP contribution in [-0.4, -0.2) is 37.7 Å². The number of anilines is 1. The summed E-state index contributed by atoms with van der Waals surface area (Å²) in [7, 11) is 0. The summed E-state index contributed by atoms with van der Waals surface area (Å²) < 4.78 is 55.2. The summed E-state index contributed by atoms with van der Waals surface area (Å²) in [4.78, 5) is 38.2. The molecule has 1 aromatic carbocycles. The number of nitrogens with two attached hydrogens (primary N) is 1. The van der Waals surface area contributed by atoms with Crippen LogP contribution in [0.1, 0.15) is 51.2 Å². The number of benzene rings is 1. The maximum absolute atomic E-state index is 13.4. The highest BCUT2D eigenvalue weighted by Crippen LogP contribution is 2.40. The van der Waals surface area contributed by atoms with Crippen molar-refractivity contribution in [3.63, 3.8) is 0 Å². The van der Waals surface area contributed by atoms with Gasteiger partial charge >= 0.3 is 24.1 Å². The highest BCUT2D eigenvalue weighted by molar-refractivity contribution is 6.33. The van der Waals surface area contributed by atoms with E-state index in [4.69, 9.17) is 31.5 Å². The summed E-state index contributed by atoms with van der Waals surface area (Å²) in [5.74, 6) is -3.13. The fraction of sp³-hybridized carbons (Fsp3) is 0.571. The quantitative estimate of drug-likeness (QED) is 0.165. The maximum Gasteiger partial charge on any atom is 0.418 e. The highest BCUT2D eigenvalue weighted by Gasteiger charge is 2.51. The summed E-state index contributed by atoms with van der Waals surface area (Å²) in [6, 6.07) is 1.78. The fourth-order valence-corrected chi connectivity index (χ4v) is 3.20. The van der Waals surface area contributed by atoms with E-state index in [1.807, 2.05) is 6.92 Å². The minimum atomic E-state index is -4.83. The molecule has 0 saturated heterocycles. The molecule has 1 aromatic rings. The molecule has 0 radical (unpaired) electrons. The number of alkyl halides is 3. The van der Waals surface area contributed by atoms with E-state index in [0.717, 1.165) is 12.5 Å². The zero-order valence-corrected chi connectivity index (χ0v) is 18.9. The molecule has 0 aliphatic heterocycles. The van der Waals surface area contributed by atoms with Crippen molar-refractivity contribution < 1.29 is 41.8 Å². The molecule has 11 heteroatoms. The van der Waals surface area contributed by atoms with Crippen LogP contribution in [0.4, 0.5) is 18.9 Å². The number of carbonyl (C=O) groups excluding carboxylic acids is 3. The second kappa shape index (κ2) is 11.9. The van der Waals surface area contributed by atoms with Crippen molar-refractivity contribution >= 4 is 35.2 Å². The standard InChI is InChI=1S/C21H27ClF3NO6/c1-4-7-8-32-16(27)12-20(18(28)30-5-2,19(29)31-6-3)11-13-9-14(21(23,24)25)17(26)15(22)10-13/h9-10H,4-8,11-12,26H2,1-3H3. The van der Waals surface area contributed by atoms with Gasteiger partial charge in [-0.05, 0) is 44.4 Å². The average Bonchev–Trinajstić information content (AvgIpc) is 2.69. The third kappa shape index (κ3) is 7.01. The Bertz CT molecular complexity index is 810. The van der Waals surface area contributed by atoms with Gasteiger partial charge in [-0.15, -0.1) is 0 Å². The first-order chi connectivity index (χ1) is 14.9. The van der Waals surface area contributed by atoms with Gasteiger partial charge in [-0.1, -0.05) is 24.9 Å². The summed E-state index contributed by atoms with van der Waals surface area (Å²) in [6.45, 7) is 4.62. The second-order valence-corrected chi connectivity index (χ2v) is 7.39. The van der Waals surface area contributed by atoms with Gasteiger partial charge in [0.1, 0.15) is 0 Å². The molecular formula is C21H27ClF3NO6. The summed E-state index contributed by atoms with van der Waals surface area (Å²) >= 11 is 5.88. The number of rotatable bonds is 11. The number of hydrogen-bond acceptors (Lipinski definition) is 7. The SMILES string of the molecule is CCCCOC(=O)CC(Cc1cc(Cl)c(N)c(C(F)(F)F)c1)(C(=O)OCC)C(=O)OCC.